The Morgan fingerprint density at radius 3 is 2.73 bits per heavy atom. The fourth-order valence-electron chi connectivity index (χ4n) is 1.59. The van der Waals surface area contributed by atoms with Gasteiger partial charge >= 0.3 is 0 Å². The normalized spacial score (nSPS) is 17.7. The largest absolute Gasteiger partial charge is 0.343 e. The Kier molecular flexibility index (Phi) is 5.60. The summed E-state index contributed by atoms with van der Waals surface area (Å²) in [4.78, 5) is 15.7. The third-order valence-electron chi connectivity index (χ3n) is 2.69. The van der Waals surface area contributed by atoms with E-state index >= 15 is 0 Å². The number of amides is 1. The first-order valence-electron chi connectivity index (χ1n) is 5.55. The van der Waals surface area contributed by atoms with E-state index < -0.39 is 0 Å². The van der Waals surface area contributed by atoms with E-state index in [1.807, 2.05) is 14.1 Å². The van der Waals surface area contributed by atoms with Gasteiger partial charge in [-0.15, -0.1) is 0 Å². The summed E-state index contributed by atoms with van der Waals surface area (Å²) in [5, 5.41) is 6.31. The molecule has 1 aliphatic rings. The summed E-state index contributed by atoms with van der Waals surface area (Å²) >= 11 is 0. The Bertz CT molecular complexity index is 192. The van der Waals surface area contributed by atoms with Gasteiger partial charge in [0, 0.05) is 46.3 Å². The second kappa shape index (κ2) is 6.76. The van der Waals surface area contributed by atoms with Gasteiger partial charge in [0.15, 0.2) is 0 Å². The number of nitrogens with one attached hydrogen (secondary N) is 2. The Labute approximate surface area is 91.8 Å². The predicted molar refractivity (Wildman–Crippen MR) is 60.9 cm³/mol. The second-order valence-electron chi connectivity index (χ2n) is 3.94. The van der Waals surface area contributed by atoms with Crippen molar-refractivity contribution in [3.05, 3.63) is 0 Å². The van der Waals surface area contributed by atoms with Gasteiger partial charge in [-0.1, -0.05) is 0 Å². The Morgan fingerprint density at radius 2 is 2.13 bits per heavy atom. The third kappa shape index (κ3) is 4.59. The van der Waals surface area contributed by atoms with Crippen molar-refractivity contribution < 1.29 is 4.79 Å². The standard InChI is InChI=1S/C10H22N4O/c1-11-3-6-13(2)10(15)9-14-7-4-12-5-8-14/h11-12H,3-9H2,1-2H3. The molecule has 0 atom stereocenters. The summed E-state index contributed by atoms with van der Waals surface area (Å²) in [5.74, 6) is 0.215. The van der Waals surface area contributed by atoms with Crippen molar-refractivity contribution in [2.24, 2.45) is 0 Å². The molecule has 0 bridgehead atoms. The van der Waals surface area contributed by atoms with Crippen molar-refractivity contribution >= 4 is 5.91 Å². The summed E-state index contributed by atoms with van der Waals surface area (Å²) in [6, 6.07) is 0. The zero-order valence-electron chi connectivity index (χ0n) is 9.75. The molecule has 0 aromatic heterocycles. The molecule has 5 heteroatoms. The minimum atomic E-state index is 0.215. The summed E-state index contributed by atoms with van der Waals surface area (Å²) in [6.07, 6.45) is 0. The smallest absolute Gasteiger partial charge is 0.236 e. The first-order chi connectivity index (χ1) is 7.24. The van der Waals surface area contributed by atoms with Gasteiger partial charge in [0.25, 0.3) is 0 Å². The van der Waals surface area contributed by atoms with Crippen LogP contribution < -0.4 is 10.6 Å². The van der Waals surface area contributed by atoms with E-state index in [2.05, 4.69) is 15.5 Å². The van der Waals surface area contributed by atoms with E-state index in [-0.39, 0.29) is 5.91 Å². The monoisotopic (exact) mass is 214 g/mol. The number of hydrogen-bond acceptors (Lipinski definition) is 4. The topological polar surface area (TPSA) is 47.6 Å². The second-order valence-corrected chi connectivity index (χ2v) is 3.94. The van der Waals surface area contributed by atoms with Crippen LogP contribution in [0.3, 0.4) is 0 Å². The Hall–Kier alpha value is -0.650. The van der Waals surface area contributed by atoms with Gasteiger partial charge in [0.2, 0.25) is 5.91 Å². The molecular formula is C10H22N4O. The summed E-state index contributed by atoms with van der Waals surface area (Å²) in [6.45, 7) is 6.13. The van der Waals surface area contributed by atoms with Gasteiger partial charge in [0.1, 0.15) is 0 Å². The van der Waals surface area contributed by atoms with Crippen molar-refractivity contribution in [3.63, 3.8) is 0 Å². The zero-order valence-corrected chi connectivity index (χ0v) is 9.75. The molecule has 0 spiro atoms. The lowest BCUT2D eigenvalue weighted by Crippen LogP contribution is -2.48. The number of piperazine rings is 1. The van der Waals surface area contributed by atoms with Crippen molar-refractivity contribution in [1.29, 1.82) is 0 Å². The maximum absolute atomic E-state index is 11.8. The fraction of sp³-hybridized carbons (Fsp3) is 0.900. The summed E-state index contributed by atoms with van der Waals surface area (Å²) < 4.78 is 0. The Balaban J connectivity index is 2.20. The predicted octanol–water partition coefficient (Wildman–Crippen LogP) is -1.43. The van der Waals surface area contributed by atoms with Crippen LogP contribution in [0, 0.1) is 0 Å². The fourth-order valence-corrected chi connectivity index (χ4v) is 1.59. The minimum absolute atomic E-state index is 0.215. The van der Waals surface area contributed by atoms with Crippen LogP contribution in [-0.2, 0) is 4.79 Å². The molecule has 5 nitrogen and oxygen atoms in total. The molecule has 0 aliphatic carbocycles. The lowest BCUT2D eigenvalue weighted by Gasteiger charge is -2.28. The SMILES string of the molecule is CNCCN(C)C(=O)CN1CCNCC1. The van der Waals surface area contributed by atoms with E-state index in [4.69, 9.17) is 0 Å². The van der Waals surface area contributed by atoms with Crippen LogP contribution in [-0.4, -0.2) is 75.6 Å². The number of hydrogen-bond donors (Lipinski definition) is 2. The van der Waals surface area contributed by atoms with Crippen LogP contribution in [0.25, 0.3) is 0 Å². The Morgan fingerprint density at radius 1 is 1.47 bits per heavy atom. The molecule has 0 aromatic rings. The highest BCUT2D eigenvalue weighted by Crippen LogP contribution is 1.94. The maximum atomic E-state index is 11.8. The number of likely N-dealkylation sites (N-methyl/N-ethyl adjacent to an activating group) is 2. The first-order valence-corrected chi connectivity index (χ1v) is 5.55. The van der Waals surface area contributed by atoms with E-state index in [0.29, 0.717) is 6.54 Å². The number of rotatable bonds is 5. The van der Waals surface area contributed by atoms with E-state index in [9.17, 15) is 4.79 Å². The highest BCUT2D eigenvalue weighted by atomic mass is 16.2. The number of nitrogens with zero attached hydrogens (tertiary/aromatic N) is 2. The molecule has 1 heterocycles. The average molecular weight is 214 g/mol. The van der Waals surface area contributed by atoms with Crippen molar-refractivity contribution in [2.75, 3.05) is 59.9 Å². The molecule has 2 N–H and O–H groups in total. The van der Waals surface area contributed by atoms with Crippen LogP contribution in [0.15, 0.2) is 0 Å². The van der Waals surface area contributed by atoms with Crippen LogP contribution in [0.4, 0.5) is 0 Å². The molecule has 0 aromatic carbocycles. The van der Waals surface area contributed by atoms with Crippen LogP contribution in [0.5, 0.6) is 0 Å². The van der Waals surface area contributed by atoms with Gasteiger partial charge in [-0.25, -0.2) is 0 Å². The summed E-state index contributed by atoms with van der Waals surface area (Å²) in [7, 11) is 3.76. The van der Waals surface area contributed by atoms with Crippen molar-refractivity contribution in [3.8, 4) is 0 Å². The third-order valence-corrected chi connectivity index (χ3v) is 2.69. The zero-order chi connectivity index (χ0) is 11.1. The van der Waals surface area contributed by atoms with Gasteiger partial charge in [-0.2, -0.15) is 0 Å². The lowest BCUT2D eigenvalue weighted by molar-refractivity contribution is -0.131. The first kappa shape index (κ1) is 12.4. The van der Waals surface area contributed by atoms with Gasteiger partial charge in [-0.05, 0) is 7.05 Å². The lowest BCUT2D eigenvalue weighted by atomic mass is 10.3. The van der Waals surface area contributed by atoms with Crippen LogP contribution in [0.2, 0.25) is 0 Å². The van der Waals surface area contributed by atoms with E-state index in [1.54, 1.807) is 4.90 Å². The molecule has 15 heavy (non-hydrogen) atoms. The molecule has 0 radical (unpaired) electrons. The molecule has 1 aliphatic heterocycles. The van der Waals surface area contributed by atoms with Crippen LogP contribution >= 0.6 is 0 Å². The molecule has 1 amide bonds. The molecule has 0 unspecified atom stereocenters. The highest BCUT2D eigenvalue weighted by Gasteiger charge is 2.15. The number of carbonyl (C=O) groups is 1. The molecule has 88 valence electrons. The molecule has 1 rings (SSSR count). The summed E-state index contributed by atoms with van der Waals surface area (Å²) in [5.41, 5.74) is 0. The van der Waals surface area contributed by atoms with Gasteiger partial charge in [-0.3, -0.25) is 9.69 Å². The van der Waals surface area contributed by atoms with Crippen molar-refractivity contribution in [1.82, 2.24) is 20.4 Å². The molecular weight excluding hydrogens is 192 g/mol. The van der Waals surface area contributed by atoms with Crippen molar-refractivity contribution in [2.45, 2.75) is 0 Å². The minimum Gasteiger partial charge on any atom is -0.343 e. The molecule has 1 fully saturated rings. The maximum Gasteiger partial charge on any atom is 0.236 e. The van der Waals surface area contributed by atoms with Crippen LogP contribution in [0.1, 0.15) is 0 Å². The highest BCUT2D eigenvalue weighted by molar-refractivity contribution is 5.78. The van der Waals surface area contributed by atoms with E-state index in [0.717, 1.165) is 39.3 Å². The molecule has 0 saturated carbocycles. The van der Waals surface area contributed by atoms with Gasteiger partial charge < -0.3 is 15.5 Å². The van der Waals surface area contributed by atoms with Gasteiger partial charge in [0.05, 0.1) is 6.54 Å². The number of carbonyl (C=O) groups excluding carboxylic acids is 1. The quantitative estimate of drug-likeness (QED) is 0.589. The van der Waals surface area contributed by atoms with E-state index in [1.165, 1.54) is 0 Å². The molecule has 1 saturated heterocycles. The average Bonchev–Trinajstić information content (AvgIpc) is 2.27.